The van der Waals surface area contributed by atoms with Gasteiger partial charge in [0.2, 0.25) is 0 Å². The molecule has 0 aliphatic carbocycles. The third kappa shape index (κ3) is 5.23. The van der Waals surface area contributed by atoms with Crippen LogP contribution in [0.3, 0.4) is 0 Å². The molecule has 2 aromatic carbocycles. The van der Waals surface area contributed by atoms with Crippen molar-refractivity contribution in [2.24, 2.45) is 0 Å². The van der Waals surface area contributed by atoms with Gasteiger partial charge in [-0.25, -0.2) is 0 Å². The van der Waals surface area contributed by atoms with Crippen LogP contribution in [0.25, 0.3) is 0 Å². The summed E-state index contributed by atoms with van der Waals surface area (Å²) in [5.41, 5.74) is 0.712. The van der Waals surface area contributed by atoms with E-state index in [0.29, 0.717) is 12.2 Å². The molecule has 0 aliphatic heterocycles. The number of hydrogen-bond donors (Lipinski definition) is 2. The average molecular weight is 352 g/mol. The van der Waals surface area contributed by atoms with Crippen LogP contribution in [0.5, 0.6) is 5.75 Å². The Morgan fingerprint density at radius 3 is 2.24 bits per heavy atom. The van der Waals surface area contributed by atoms with E-state index in [1.54, 1.807) is 31.2 Å². The SMILES string of the molecule is CCNC(=O)c1ccccc1NC(=O)c1ccc(OC(F)(F)F)cc1. The molecule has 0 bridgehead atoms. The van der Waals surface area contributed by atoms with Gasteiger partial charge in [0, 0.05) is 12.1 Å². The lowest BCUT2D eigenvalue weighted by Crippen LogP contribution is -2.24. The Morgan fingerprint density at radius 1 is 1.00 bits per heavy atom. The van der Waals surface area contributed by atoms with Gasteiger partial charge in [0.1, 0.15) is 5.75 Å². The molecule has 0 aromatic heterocycles. The molecule has 2 amide bonds. The molecule has 2 N–H and O–H groups in total. The number of carbonyl (C=O) groups is 2. The van der Waals surface area contributed by atoms with Crippen molar-refractivity contribution >= 4 is 17.5 Å². The van der Waals surface area contributed by atoms with Crippen LogP contribution in [0.15, 0.2) is 48.5 Å². The number of halogens is 3. The molecule has 25 heavy (non-hydrogen) atoms. The molecular formula is C17H15F3N2O3. The quantitative estimate of drug-likeness (QED) is 0.864. The summed E-state index contributed by atoms with van der Waals surface area (Å²) in [6.45, 7) is 2.20. The van der Waals surface area contributed by atoms with Gasteiger partial charge in [0.15, 0.2) is 0 Å². The summed E-state index contributed by atoms with van der Waals surface area (Å²) in [4.78, 5) is 24.2. The number of alkyl halides is 3. The first-order valence-corrected chi connectivity index (χ1v) is 7.34. The summed E-state index contributed by atoms with van der Waals surface area (Å²) in [6.07, 6.45) is -4.80. The van der Waals surface area contributed by atoms with Crippen molar-refractivity contribution in [1.29, 1.82) is 0 Å². The summed E-state index contributed by atoms with van der Waals surface area (Å²) >= 11 is 0. The number of benzene rings is 2. The van der Waals surface area contributed by atoms with Crippen LogP contribution < -0.4 is 15.4 Å². The highest BCUT2D eigenvalue weighted by atomic mass is 19.4. The first-order chi connectivity index (χ1) is 11.8. The molecule has 0 fully saturated rings. The van der Waals surface area contributed by atoms with Gasteiger partial charge in [0.05, 0.1) is 11.3 Å². The standard InChI is InChI=1S/C17H15F3N2O3/c1-2-21-16(24)13-5-3-4-6-14(13)22-15(23)11-7-9-12(10-8-11)25-17(18,19)20/h3-10H,2H2,1H3,(H,21,24)(H,22,23). The minimum Gasteiger partial charge on any atom is -0.406 e. The van der Waals surface area contributed by atoms with E-state index in [0.717, 1.165) is 12.1 Å². The maximum absolute atomic E-state index is 12.2. The summed E-state index contributed by atoms with van der Waals surface area (Å²) in [5, 5.41) is 5.20. The molecule has 0 unspecified atom stereocenters. The second-order valence-electron chi connectivity index (χ2n) is 4.93. The second-order valence-corrected chi connectivity index (χ2v) is 4.93. The van der Waals surface area contributed by atoms with E-state index in [9.17, 15) is 22.8 Å². The molecule has 0 radical (unpaired) electrons. The number of ether oxygens (including phenoxy) is 1. The number of nitrogens with one attached hydrogen (secondary N) is 2. The Morgan fingerprint density at radius 2 is 1.64 bits per heavy atom. The topological polar surface area (TPSA) is 67.4 Å². The van der Waals surface area contributed by atoms with Crippen molar-refractivity contribution in [2.75, 3.05) is 11.9 Å². The lowest BCUT2D eigenvalue weighted by molar-refractivity contribution is -0.274. The van der Waals surface area contributed by atoms with Gasteiger partial charge < -0.3 is 15.4 Å². The molecule has 132 valence electrons. The number of amides is 2. The van der Waals surface area contributed by atoms with E-state index in [1.165, 1.54) is 12.1 Å². The average Bonchev–Trinajstić information content (AvgIpc) is 2.54. The minimum absolute atomic E-state index is 0.125. The third-order valence-electron chi connectivity index (χ3n) is 3.11. The lowest BCUT2D eigenvalue weighted by Gasteiger charge is -2.12. The fourth-order valence-electron chi connectivity index (χ4n) is 2.05. The predicted octanol–water partition coefficient (Wildman–Crippen LogP) is 3.59. The van der Waals surface area contributed by atoms with Crippen molar-refractivity contribution in [2.45, 2.75) is 13.3 Å². The molecule has 2 aromatic rings. The molecule has 0 spiro atoms. The Bertz CT molecular complexity index is 758. The van der Waals surface area contributed by atoms with E-state index in [2.05, 4.69) is 15.4 Å². The van der Waals surface area contributed by atoms with E-state index in [4.69, 9.17) is 0 Å². The normalized spacial score (nSPS) is 10.9. The smallest absolute Gasteiger partial charge is 0.406 e. The maximum atomic E-state index is 12.2. The van der Waals surface area contributed by atoms with Crippen LogP contribution >= 0.6 is 0 Å². The van der Waals surface area contributed by atoms with E-state index >= 15 is 0 Å². The number of carbonyl (C=O) groups excluding carboxylic acids is 2. The van der Waals surface area contributed by atoms with Crippen LogP contribution in [-0.4, -0.2) is 24.7 Å². The second kappa shape index (κ2) is 7.69. The van der Waals surface area contributed by atoms with Crippen LogP contribution in [-0.2, 0) is 0 Å². The van der Waals surface area contributed by atoms with Gasteiger partial charge >= 0.3 is 6.36 Å². The number of para-hydroxylation sites is 1. The Labute approximate surface area is 141 Å². The fourth-order valence-corrected chi connectivity index (χ4v) is 2.05. The molecule has 0 heterocycles. The molecule has 0 atom stereocenters. The first kappa shape index (κ1) is 18.3. The summed E-state index contributed by atoms with van der Waals surface area (Å²) in [5.74, 6) is -1.32. The largest absolute Gasteiger partial charge is 0.573 e. The fraction of sp³-hybridized carbons (Fsp3) is 0.176. The summed E-state index contributed by atoms with van der Waals surface area (Å²) < 4.78 is 40.1. The van der Waals surface area contributed by atoms with Crippen molar-refractivity contribution in [3.05, 3.63) is 59.7 Å². The van der Waals surface area contributed by atoms with Crippen molar-refractivity contribution in [3.8, 4) is 5.75 Å². The van der Waals surface area contributed by atoms with Crippen LogP contribution in [0.4, 0.5) is 18.9 Å². The monoisotopic (exact) mass is 352 g/mol. The van der Waals surface area contributed by atoms with E-state index < -0.39 is 18.0 Å². The zero-order valence-corrected chi connectivity index (χ0v) is 13.2. The number of hydrogen-bond acceptors (Lipinski definition) is 3. The van der Waals surface area contributed by atoms with Gasteiger partial charge in [0.25, 0.3) is 11.8 Å². The Hall–Kier alpha value is -3.03. The van der Waals surface area contributed by atoms with Gasteiger partial charge in [-0.3, -0.25) is 9.59 Å². The minimum atomic E-state index is -4.80. The van der Waals surface area contributed by atoms with E-state index in [-0.39, 0.29) is 17.0 Å². The molecule has 0 saturated carbocycles. The van der Waals surface area contributed by atoms with Gasteiger partial charge in [-0.05, 0) is 43.3 Å². The summed E-state index contributed by atoms with van der Waals surface area (Å²) in [7, 11) is 0. The number of anilines is 1. The third-order valence-corrected chi connectivity index (χ3v) is 3.11. The summed E-state index contributed by atoms with van der Waals surface area (Å²) in [6, 6.07) is 10.9. The van der Waals surface area contributed by atoms with Crippen molar-refractivity contribution in [1.82, 2.24) is 5.32 Å². The predicted molar refractivity (Wildman–Crippen MR) is 85.5 cm³/mol. The van der Waals surface area contributed by atoms with Gasteiger partial charge in [-0.1, -0.05) is 12.1 Å². The zero-order valence-electron chi connectivity index (χ0n) is 13.2. The van der Waals surface area contributed by atoms with Crippen LogP contribution in [0, 0.1) is 0 Å². The number of rotatable bonds is 5. The highest BCUT2D eigenvalue weighted by molar-refractivity contribution is 6.09. The maximum Gasteiger partial charge on any atom is 0.573 e. The molecule has 0 saturated heterocycles. The van der Waals surface area contributed by atoms with Crippen LogP contribution in [0.1, 0.15) is 27.6 Å². The molecule has 8 heteroatoms. The van der Waals surface area contributed by atoms with Gasteiger partial charge in [-0.2, -0.15) is 0 Å². The Kier molecular flexibility index (Phi) is 5.63. The highest BCUT2D eigenvalue weighted by Crippen LogP contribution is 2.23. The molecule has 2 rings (SSSR count). The molecule has 5 nitrogen and oxygen atoms in total. The van der Waals surface area contributed by atoms with Crippen LogP contribution in [0.2, 0.25) is 0 Å². The first-order valence-electron chi connectivity index (χ1n) is 7.34. The van der Waals surface area contributed by atoms with Gasteiger partial charge in [-0.15, -0.1) is 13.2 Å². The van der Waals surface area contributed by atoms with Crippen molar-refractivity contribution in [3.63, 3.8) is 0 Å². The molecular weight excluding hydrogens is 337 g/mol. The highest BCUT2D eigenvalue weighted by Gasteiger charge is 2.31. The Balaban J connectivity index is 2.14. The zero-order chi connectivity index (χ0) is 18.4. The van der Waals surface area contributed by atoms with Crippen molar-refractivity contribution < 1.29 is 27.5 Å². The van der Waals surface area contributed by atoms with E-state index in [1.807, 2.05) is 0 Å². The molecule has 0 aliphatic rings. The lowest BCUT2D eigenvalue weighted by atomic mass is 10.1.